The summed E-state index contributed by atoms with van der Waals surface area (Å²) in [6.07, 6.45) is 0. The third-order valence-electron chi connectivity index (χ3n) is 4.40. The molecule has 6 nitrogen and oxygen atoms in total. The predicted molar refractivity (Wildman–Crippen MR) is 110 cm³/mol. The lowest BCUT2D eigenvalue weighted by Crippen LogP contribution is -2.00. The fourth-order valence-electron chi connectivity index (χ4n) is 2.89. The van der Waals surface area contributed by atoms with E-state index < -0.39 is 5.97 Å². The SMILES string of the molecule is Cc1ccc(Oc2nc3cc(OCc4ccccc4)c(Cl)cc3[nH]2)cc1C(=O)O. The van der Waals surface area contributed by atoms with E-state index in [0.717, 1.165) is 5.56 Å². The number of ether oxygens (including phenoxy) is 2. The quantitative estimate of drug-likeness (QED) is 0.434. The molecule has 0 radical (unpaired) electrons. The molecule has 0 fully saturated rings. The van der Waals surface area contributed by atoms with Crippen molar-refractivity contribution in [3.8, 4) is 17.5 Å². The highest BCUT2D eigenvalue weighted by Crippen LogP contribution is 2.32. The topological polar surface area (TPSA) is 84.4 Å². The van der Waals surface area contributed by atoms with Crippen molar-refractivity contribution in [3.63, 3.8) is 0 Å². The third-order valence-corrected chi connectivity index (χ3v) is 4.70. The molecule has 1 heterocycles. The summed E-state index contributed by atoms with van der Waals surface area (Å²) in [5.41, 5.74) is 3.17. The number of halogens is 1. The molecular formula is C22H17ClN2O4. The first-order chi connectivity index (χ1) is 14.0. The number of aryl methyl sites for hydroxylation is 1. The van der Waals surface area contributed by atoms with Gasteiger partial charge in [0.05, 0.1) is 21.6 Å². The van der Waals surface area contributed by atoms with Crippen molar-refractivity contribution in [2.75, 3.05) is 0 Å². The van der Waals surface area contributed by atoms with Gasteiger partial charge < -0.3 is 19.6 Å². The first kappa shape index (κ1) is 18.8. The van der Waals surface area contributed by atoms with Gasteiger partial charge in [0.25, 0.3) is 6.01 Å². The monoisotopic (exact) mass is 408 g/mol. The lowest BCUT2D eigenvalue weighted by atomic mass is 10.1. The molecule has 146 valence electrons. The number of hydrogen-bond donors (Lipinski definition) is 2. The van der Waals surface area contributed by atoms with Crippen molar-refractivity contribution in [1.82, 2.24) is 9.97 Å². The van der Waals surface area contributed by atoms with Crippen LogP contribution in [0.3, 0.4) is 0 Å². The van der Waals surface area contributed by atoms with Gasteiger partial charge in [0.2, 0.25) is 0 Å². The Bertz CT molecular complexity index is 1190. The van der Waals surface area contributed by atoms with E-state index in [1.165, 1.54) is 6.07 Å². The van der Waals surface area contributed by atoms with Crippen LogP contribution in [0.25, 0.3) is 11.0 Å². The first-order valence-corrected chi connectivity index (χ1v) is 9.25. The number of aromatic amines is 1. The van der Waals surface area contributed by atoms with E-state index in [2.05, 4.69) is 9.97 Å². The molecular weight excluding hydrogens is 392 g/mol. The molecule has 0 aliphatic heterocycles. The second kappa shape index (κ2) is 7.85. The number of carboxylic acids is 1. The molecule has 7 heteroatoms. The van der Waals surface area contributed by atoms with Crippen LogP contribution in [0, 0.1) is 6.92 Å². The van der Waals surface area contributed by atoms with Crippen LogP contribution in [-0.2, 0) is 6.61 Å². The fourth-order valence-corrected chi connectivity index (χ4v) is 3.11. The molecule has 0 spiro atoms. The molecule has 0 saturated carbocycles. The highest BCUT2D eigenvalue weighted by Gasteiger charge is 2.13. The molecule has 0 aliphatic rings. The van der Waals surface area contributed by atoms with Gasteiger partial charge >= 0.3 is 5.97 Å². The van der Waals surface area contributed by atoms with E-state index in [-0.39, 0.29) is 11.6 Å². The highest BCUT2D eigenvalue weighted by atomic mass is 35.5. The molecule has 1 aromatic heterocycles. The first-order valence-electron chi connectivity index (χ1n) is 8.87. The minimum Gasteiger partial charge on any atom is -0.487 e. The number of aromatic carboxylic acids is 1. The molecule has 0 bridgehead atoms. The average molecular weight is 409 g/mol. The summed E-state index contributed by atoms with van der Waals surface area (Å²) in [7, 11) is 0. The molecule has 2 N–H and O–H groups in total. The van der Waals surface area contributed by atoms with E-state index in [9.17, 15) is 9.90 Å². The maximum Gasteiger partial charge on any atom is 0.336 e. The number of aromatic nitrogens is 2. The lowest BCUT2D eigenvalue weighted by Gasteiger charge is -2.07. The number of benzene rings is 3. The van der Waals surface area contributed by atoms with Crippen LogP contribution in [-0.4, -0.2) is 21.0 Å². The summed E-state index contributed by atoms with van der Waals surface area (Å²) in [4.78, 5) is 18.7. The van der Waals surface area contributed by atoms with Gasteiger partial charge in [-0.1, -0.05) is 48.0 Å². The predicted octanol–water partition coefficient (Wildman–Crippen LogP) is 5.59. The zero-order valence-electron chi connectivity index (χ0n) is 15.5. The Morgan fingerprint density at radius 2 is 1.93 bits per heavy atom. The Labute approximate surface area is 171 Å². The largest absolute Gasteiger partial charge is 0.487 e. The normalized spacial score (nSPS) is 10.8. The zero-order chi connectivity index (χ0) is 20.4. The lowest BCUT2D eigenvalue weighted by molar-refractivity contribution is 0.0695. The molecule has 0 aliphatic carbocycles. The van der Waals surface area contributed by atoms with Crippen LogP contribution < -0.4 is 9.47 Å². The van der Waals surface area contributed by atoms with Gasteiger partial charge in [-0.05, 0) is 36.2 Å². The average Bonchev–Trinajstić information content (AvgIpc) is 3.09. The zero-order valence-corrected chi connectivity index (χ0v) is 16.2. The second-order valence-electron chi connectivity index (χ2n) is 6.50. The van der Waals surface area contributed by atoms with Crippen LogP contribution in [0.1, 0.15) is 21.5 Å². The van der Waals surface area contributed by atoms with Gasteiger partial charge in [0, 0.05) is 6.07 Å². The Morgan fingerprint density at radius 3 is 2.69 bits per heavy atom. The second-order valence-corrected chi connectivity index (χ2v) is 6.91. The van der Waals surface area contributed by atoms with Gasteiger partial charge in [-0.2, -0.15) is 4.98 Å². The number of H-pyrrole nitrogens is 1. The molecule has 3 aromatic carbocycles. The van der Waals surface area contributed by atoms with Crippen molar-refractivity contribution in [2.24, 2.45) is 0 Å². The minimum absolute atomic E-state index is 0.179. The van der Waals surface area contributed by atoms with Gasteiger partial charge in [-0.25, -0.2) is 4.79 Å². The van der Waals surface area contributed by atoms with Crippen molar-refractivity contribution >= 4 is 28.6 Å². The van der Waals surface area contributed by atoms with Crippen LogP contribution >= 0.6 is 11.6 Å². The number of carboxylic acid groups (broad SMARTS) is 1. The van der Waals surface area contributed by atoms with Gasteiger partial charge in [0.1, 0.15) is 18.1 Å². The number of rotatable bonds is 6. The minimum atomic E-state index is -1.01. The van der Waals surface area contributed by atoms with Crippen LogP contribution in [0.2, 0.25) is 5.02 Å². The highest BCUT2D eigenvalue weighted by molar-refractivity contribution is 6.32. The van der Waals surface area contributed by atoms with Crippen molar-refractivity contribution < 1.29 is 19.4 Å². The fraction of sp³-hybridized carbons (Fsp3) is 0.0909. The van der Waals surface area contributed by atoms with E-state index >= 15 is 0 Å². The van der Waals surface area contributed by atoms with Crippen molar-refractivity contribution in [3.05, 3.63) is 82.4 Å². The number of imidazole rings is 1. The van der Waals surface area contributed by atoms with E-state index in [1.54, 1.807) is 31.2 Å². The molecule has 4 aromatic rings. The van der Waals surface area contributed by atoms with E-state index in [1.807, 2.05) is 30.3 Å². The summed E-state index contributed by atoms with van der Waals surface area (Å²) < 4.78 is 11.5. The van der Waals surface area contributed by atoms with Gasteiger partial charge in [0.15, 0.2) is 0 Å². The molecule has 0 unspecified atom stereocenters. The summed E-state index contributed by atoms with van der Waals surface area (Å²) in [5, 5.41) is 9.71. The van der Waals surface area contributed by atoms with E-state index in [0.29, 0.717) is 39.7 Å². The molecule has 0 saturated heterocycles. The number of hydrogen-bond acceptors (Lipinski definition) is 4. The molecule has 0 amide bonds. The maximum atomic E-state index is 11.3. The maximum absolute atomic E-state index is 11.3. The number of nitrogens with one attached hydrogen (secondary N) is 1. The van der Waals surface area contributed by atoms with Crippen LogP contribution in [0.4, 0.5) is 0 Å². The molecule has 29 heavy (non-hydrogen) atoms. The Balaban J connectivity index is 1.56. The number of nitrogens with zero attached hydrogens (tertiary/aromatic N) is 1. The smallest absolute Gasteiger partial charge is 0.336 e. The summed E-state index contributed by atoms with van der Waals surface area (Å²) in [5.74, 6) is -0.118. The van der Waals surface area contributed by atoms with Crippen molar-refractivity contribution in [1.29, 1.82) is 0 Å². The molecule has 4 rings (SSSR count). The summed E-state index contributed by atoms with van der Waals surface area (Å²) in [6, 6.07) is 18.3. The van der Waals surface area contributed by atoms with Crippen molar-refractivity contribution in [2.45, 2.75) is 13.5 Å². The van der Waals surface area contributed by atoms with E-state index in [4.69, 9.17) is 21.1 Å². The Hall–Kier alpha value is -3.51. The Kier molecular flexibility index (Phi) is 5.10. The molecule has 0 atom stereocenters. The van der Waals surface area contributed by atoms with Crippen LogP contribution in [0.5, 0.6) is 17.5 Å². The Morgan fingerprint density at radius 1 is 1.14 bits per heavy atom. The number of fused-ring (bicyclic) bond motifs is 1. The third kappa shape index (κ3) is 4.17. The summed E-state index contributed by atoms with van der Waals surface area (Å²) >= 11 is 6.33. The van der Waals surface area contributed by atoms with Gasteiger partial charge in [-0.15, -0.1) is 0 Å². The standard InChI is InChI=1S/C22H17ClN2O4/c1-13-7-8-15(9-16(13)21(26)27)29-22-24-18-10-17(23)20(11-19(18)25-22)28-12-14-5-3-2-4-6-14/h2-11H,12H2,1H3,(H,24,25)(H,26,27). The summed E-state index contributed by atoms with van der Waals surface area (Å²) in [6.45, 7) is 2.12. The van der Waals surface area contributed by atoms with Gasteiger partial charge in [-0.3, -0.25) is 0 Å². The van der Waals surface area contributed by atoms with Crippen LogP contribution in [0.15, 0.2) is 60.7 Å². The number of carbonyl (C=O) groups is 1.